The Morgan fingerprint density at radius 2 is 2.12 bits per heavy atom. The van der Waals surface area contributed by atoms with E-state index in [0.717, 1.165) is 11.3 Å². The molecule has 4 nitrogen and oxygen atoms in total. The second-order valence-electron chi connectivity index (χ2n) is 3.41. The molecule has 0 spiro atoms. The summed E-state index contributed by atoms with van der Waals surface area (Å²) in [4.78, 5) is 0. The highest BCUT2D eigenvalue weighted by atomic mass is 16.7. The first kappa shape index (κ1) is 10.8. The van der Waals surface area contributed by atoms with Gasteiger partial charge in [0.05, 0.1) is 19.8 Å². The van der Waals surface area contributed by atoms with Crippen molar-refractivity contribution in [2.45, 2.75) is 6.29 Å². The van der Waals surface area contributed by atoms with Crippen LogP contribution in [0.5, 0.6) is 11.5 Å². The van der Waals surface area contributed by atoms with Gasteiger partial charge in [0, 0.05) is 0 Å². The summed E-state index contributed by atoms with van der Waals surface area (Å²) in [6.07, 6.45) is -0.461. The fraction of sp³-hybridized carbons (Fsp3) is 0.333. The summed E-state index contributed by atoms with van der Waals surface area (Å²) in [6, 6.07) is 5.48. The van der Waals surface area contributed by atoms with Crippen LogP contribution in [0.2, 0.25) is 0 Å². The van der Waals surface area contributed by atoms with Gasteiger partial charge in [-0.1, -0.05) is 6.58 Å². The average molecular weight is 222 g/mol. The van der Waals surface area contributed by atoms with Gasteiger partial charge in [-0.15, -0.1) is 0 Å². The van der Waals surface area contributed by atoms with Crippen molar-refractivity contribution < 1.29 is 18.9 Å². The SMILES string of the molecule is C=C1COC(c2cc(OC)ccc2OC)O1. The summed E-state index contributed by atoms with van der Waals surface area (Å²) in [5.74, 6) is 2.07. The maximum Gasteiger partial charge on any atom is 0.230 e. The molecule has 2 rings (SSSR count). The lowest BCUT2D eigenvalue weighted by Gasteiger charge is -2.14. The molecule has 0 aliphatic carbocycles. The molecular formula is C12H14O4. The minimum absolute atomic E-state index is 0.408. The van der Waals surface area contributed by atoms with Crippen LogP contribution in [0.1, 0.15) is 11.9 Å². The third kappa shape index (κ3) is 1.97. The lowest BCUT2D eigenvalue weighted by atomic mass is 10.2. The van der Waals surface area contributed by atoms with Gasteiger partial charge in [0.25, 0.3) is 0 Å². The first-order valence-electron chi connectivity index (χ1n) is 4.92. The van der Waals surface area contributed by atoms with Crippen LogP contribution in [0, 0.1) is 0 Å². The first-order valence-corrected chi connectivity index (χ1v) is 4.92. The van der Waals surface area contributed by atoms with Gasteiger partial charge in [-0.25, -0.2) is 0 Å². The highest BCUT2D eigenvalue weighted by Crippen LogP contribution is 2.36. The normalized spacial score (nSPS) is 19.4. The van der Waals surface area contributed by atoms with Gasteiger partial charge in [-0.2, -0.15) is 0 Å². The number of rotatable bonds is 3. The third-order valence-electron chi connectivity index (χ3n) is 2.36. The molecule has 1 unspecified atom stereocenters. The molecule has 1 aliphatic rings. The smallest absolute Gasteiger partial charge is 0.230 e. The Hall–Kier alpha value is -1.68. The van der Waals surface area contributed by atoms with Gasteiger partial charge in [0.2, 0.25) is 6.29 Å². The van der Waals surface area contributed by atoms with Crippen molar-refractivity contribution in [1.82, 2.24) is 0 Å². The highest BCUT2D eigenvalue weighted by molar-refractivity contribution is 5.41. The van der Waals surface area contributed by atoms with E-state index in [9.17, 15) is 0 Å². The molecule has 0 radical (unpaired) electrons. The fourth-order valence-corrected chi connectivity index (χ4v) is 1.56. The van der Waals surface area contributed by atoms with Crippen LogP contribution in [0.25, 0.3) is 0 Å². The van der Waals surface area contributed by atoms with Crippen LogP contribution >= 0.6 is 0 Å². The Kier molecular flexibility index (Phi) is 3.01. The highest BCUT2D eigenvalue weighted by Gasteiger charge is 2.25. The zero-order chi connectivity index (χ0) is 11.5. The van der Waals surface area contributed by atoms with Crippen LogP contribution in [-0.2, 0) is 9.47 Å². The van der Waals surface area contributed by atoms with E-state index in [4.69, 9.17) is 18.9 Å². The van der Waals surface area contributed by atoms with E-state index in [2.05, 4.69) is 6.58 Å². The van der Waals surface area contributed by atoms with Crippen molar-refractivity contribution in [3.05, 3.63) is 36.1 Å². The van der Waals surface area contributed by atoms with Crippen molar-refractivity contribution in [2.24, 2.45) is 0 Å². The van der Waals surface area contributed by atoms with Crippen molar-refractivity contribution in [3.63, 3.8) is 0 Å². The van der Waals surface area contributed by atoms with Gasteiger partial charge in [0.15, 0.2) is 0 Å². The van der Waals surface area contributed by atoms with E-state index in [1.54, 1.807) is 14.2 Å². The molecule has 4 heteroatoms. The molecule has 1 atom stereocenters. The van der Waals surface area contributed by atoms with E-state index >= 15 is 0 Å². The zero-order valence-corrected chi connectivity index (χ0v) is 9.36. The van der Waals surface area contributed by atoms with E-state index in [-0.39, 0.29) is 0 Å². The van der Waals surface area contributed by atoms with Crippen molar-refractivity contribution in [3.8, 4) is 11.5 Å². The van der Waals surface area contributed by atoms with Crippen LogP contribution < -0.4 is 9.47 Å². The molecule has 1 aromatic rings. The quantitative estimate of drug-likeness (QED) is 0.786. The van der Waals surface area contributed by atoms with Crippen molar-refractivity contribution in [2.75, 3.05) is 20.8 Å². The molecule has 0 aromatic heterocycles. The molecule has 16 heavy (non-hydrogen) atoms. The Balaban J connectivity index is 2.33. The number of methoxy groups -OCH3 is 2. The Bertz CT molecular complexity index is 400. The number of hydrogen-bond acceptors (Lipinski definition) is 4. The summed E-state index contributed by atoms with van der Waals surface area (Å²) >= 11 is 0. The standard InChI is InChI=1S/C12H14O4/c1-8-7-15-12(16-8)10-6-9(13-2)4-5-11(10)14-3/h4-6,12H,1,7H2,2-3H3. The lowest BCUT2D eigenvalue weighted by molar-refractivity contribution is -0.0355. The average Bonchev–Trinajstić information content (AvgIpc) is 2.75. The molecule has 0 amide bonds. The summed E-state index contributed by atoms with van der Waals surface area (Å²) in [5.41, 5.74) is 0.806. The number of benzene rings is 1. The number of ether oxygens (including phenoxy) is 4. The summed E-state index contributed by atoms with van der Waals surface area (Å²) in [7, 11) is 3.22. The molecule has 0 N–H and O–H groups in total. The molecular weight excluding hydrogens is 208 g/mol. The van der Waals surface area contributed by atoms with E-state index in [1.807, 2.05) is 18.2 Å². The maximum absolute atomic E-state index is 5.44. The van der Waals surface area contributed by atoms with Crippen LogP contribution in [0.3, 0.4) is 0 Å². The predicted molar refractivity (Wildman–Crippen MR) is 58.5 cm³/mol. The largest absolute Gasteiger partial charge is 0.497 e. The Labute approximate surface area is 94.4 Å². The van der Waals surface area contributed by atoms with Gasteiger partial charge in [-0.3, -0.25) is 0 Å². The minimum Gasteiger partial charge on any atom is -0.497 e. The molecule has 1 aliphatic heterocycles. The molecule has 1 heterocycles. The Morgan fingerprint density at radius 3 is 2.69 bits per heavy atom. The molecule has 1 fully saturated rings. The third-order valence-corrected chi connectivity index (χ3v) is 2.36. The number of hydrogen-bond donors (Lipinski definition) is 0. The molecule has 0 bridgehead atoms. The van der Waals surface area contributed by atoms with E-state index < -0.39 is 6.29 Å². The predicted octanol–water partition coefficient (Wildman–Crippen LogP) is 2.26. The second-order valence-corrected chi connectivity index (χ2v) is 3.41. The molecule has 86 valence electrons. The van der Waals surface area contributed by atoms with Crippen molar-refractivity contribution in [1.29, 1.82) is 0 Å². The van der Waals surface area contributed by atoms with Crippen molar-refractivity contribution >= 4 is 0 Å². The maximum atomic E-state index is 5.44. The summed E-state index contributed by atoms with van der Waals surface area (Å²) < 4.78 is 21.3. The van der Waals surface area contributed by atoms with Crippen LogP contribution in [0.15, 0.2) is 30.5 Å². The van der Waals surface area contributed by atoms with E-state index in [0.29, 0.717) is 18.1 Å². The molecule has 1 saturated heterocycles. The summed E-state index contributed by atoms with van der Waals surface area (Å²) in [5, 5.41) is 0. The summed E-state index contributed by atoms with van der Waals surface area (Å²) in [6.45, 7) is 4.12. The lowest BCUT2D eigenvalue weighted by Crippen LogP contribution is -2.01. The topological polar surface area (TPSA) is 36.9 Å². The van der Waals surface area contributed by atoms with E-state index in [1.165, 1.54) is 0 Å². The minimum atomic E-state index is -0.461. The monoisotopic (exact) mass is 222 g/mol. The molecule has 1 aromatic carbocycles. The zero-order valence-electron chi connectivity index (χ0n) is 9.36. The Morgan fingerprint density at radius 1 is 1.31 bits per heavy atom. The van der Waals surface area contributed by atoms with Gasteiger partial charge < -0.3 is 18.9 Å². The van der Waals surface area contributed by atoms with Gasteiger partial charge in [-0.05, 0) is 18.2 Å². The second kappa shape index (κ2) is 4.45. The van der Waals surface area contributed by atoms with Crippen LogP contribution in [0.4, 0.5) is 0 Å². The fourth-order valence-electron chi connectivity index (χ4n) is 1.56. The van der Waals surface area contributed by atoms with Gasteiger partial charge in [0.1, 0.15) is 23.9 Å². The first-order chi connectivity index (χ1) is 7.74. The van der Waals surface area contributed by atoms with Gasteiger partial charge >= 0.3 is 0 Å². The van der Waals surface area contributed by atoms with Crippen LogP contribution in [-0.4, -0.2) is 20.8 Å². The molecule has 0 saturated carbocycles.